The second-order valence-electron chi connectivity index (χ2n) is 5.49. The van der Waals surface area contributed by atoms with Crippen molar-refractivity contribution < 1.29 is 9.53 Å². The highest BCUT2D eigenvalue weighted by Crippen LogP contribution is 2.09. The van der Waals surface area contributed by atoms with Gasteiger partial charge in [-0.3, -0.25) is 0 Å². The van der Waals surface area contributed by atoms with Gasteiger partial charge < -0.3 is 4.74 Å². The lowest BCUT2D eigenvalue weighted by Gasteiger charge is -2.17. The Morgan fingerprint density at radius 1 is 1.06 bits per heavy atom. The Morgan fingerprint density at radius 3 is 2.24 bits per heavy atom. The van der Waals surface area contributed by atoms with Crippen LogP contribution in [0.25, 0.3) is 0 Å². The first-order valence-electron chi connectivity index (χ1n) is 6.85. The number of ether oxygens (including phenoxy) is 1. The molecule has 17 heavy (non-hydrogen) atoms. The van der Waals surface area contributed by atoms with Crippen LogP contribution in [-0.2, 0) is 9.53 Å². The predicted molar refractivity (Wildman–Crippen MR) is 73.0 cm³/mol. The number of rotatable bonds is 8. The second-order valence-corrected chi connectivity index (χ2v) is 5.49. The summed E-state index contributed by atoms with van der Waals surface area (Å²) in [4.78, 5) is 11.3. The van der Waals surface area contributed by atoms with E-state index in [0.29, 0.717) is 0 Å². The average molecular weight is 240 g/mol. The van der Waals surface area contributed by atoms with Gasteiger partial charge in [0.25, 0.3) is 0 Å². The summed E-state index contributed by atoms with van der Waals surface area (Å²) in [7, 11) is 0. The van der Waals surface area contributed by atoms with Crippen LogP contribution in [0.1, 0.15) is 72.6 Å². The summed E-state index contributed by atoms with van der Waals surface area (Å²) in [5, 5.41) is 0. The minimum atomic E-state index is -0.387. The maximum Gasteiger partial charge on any atom is 0.330 e. The lowest BCUT2D eigenvalue weighted by atomic mass is 10.1. The van der Waals surface area contributed by atoms with E-state index in [0.717, 1.165) is 6.42 Å². The van der Waals surface area contributed by atoms with Gasteiger partial charge in [0.05, 0.1) is 0 Å². The molecule has 0 spiro atoms. The van der Waals surface area contributed by atoms with Gasteiger partial charge in [-0.05, 0) is 33.6 Å². The fourth-order valence-electron chi connectivity index (χ4n) is 1.56. The molecule has 0 aliphatic rings. The van der Waals surface area contributed by atoms with E-state index in [1.54, 1.807) is 6.08 Å². The molecule has 0 unspecified atom stereocenters. The third-order valence-electron chi connectivity index (χ3n) is 2.39. The van der Waals surface area contributed by atoms with E-state index in [2.05, 4.69) is 6.92 Å². The fraction of sp³-hybridized carbons (Fsp3) is 0.800. The summed E-state index contributed by atoms with van der Waals surface area (Å²) >= 11 is 0. The molecule has 0 fully saturated rings. The standard InChI is InChI=1S/C15H28O2/c1-5-6-7-8-9-10-11-12-13-14(16)17-15(2,3)4/h12-13H,5-11H2,1-4H3/b13-12+. The quantitative estimate of drug-likeness (QED) is 0.351. The highest BCUT2D eigenvalue weighted by Gasteiger charge is 2.13. The van der Waals surface area contributed by atoms with Crippen molar-refractivity contribution in [2.24, 2.45) is 0 Å². The molecule has 0 heterocycles. The van der Waals surface area contributed by atoms with E-state index in [1.165, 1.54) is 38.5 Å². The van der Waals surface area contributed by atoms with Gasteiger partial charge in [-0.2, -0.15) is 0 Å². The van der Waals surface area contributed by atoms with Crippen LogP contribution in [0.15, 0.2) is 12.2 Å². The topological polar surface area (TPSA) is 26.3 Å². The summed E-state index contributed by atoms with van der Waals surface area (Å²) in [6.07, 6.45) is 12.2. The van der Waals surface area contributed by atoms with Crippen molar-refractivity contribution in [1.29, 1.82) is 0 Å². The minimum Gasteiger partial charge on any atom is -0.457 e. The van der Waals surface area contributed by atoms with Crippen LogP contribution >= 0.6 is 0 Å². The molecule has 0 saturated carbocycles. The van der Waals surface area contributed by atoms with Crippen molar-refractivity contribution in [2.45, 2.75) is 78.2 Å². The van der Waals surface area contributed by atoms with E-state index in [9.17, 15) is 4.79 Å². The highest BCUT2D eigenvalue weighted by molar-refractivity contribution is 5.82. The van der Waals surface area contributed by atoms with Crippen LogP contribution in [0.2, 0.25) is 0 Å². The molecule has 2 heteroatoms. The van der Waals surface area contributed by atoms with Crippen molar-refractivity contribution in [2.75, 3.05) is 0 Å². The molecular weight excluding hydrogens is 212 g/mol. The lowest BCUT2D eigenvalue weighted by molar-refractivity contribution is -0.148. The first-order valence-corrected chi connectivity index (χ1v) is 6.85. The smallest absolute Gasteiger partial charge is 0.330 e. The summed E-state index contributed by atoms with van der Waals surface area (Å²) in [5.41, 5.74) is -0.387. The SMILES string of the molecule is CCCCCCCC/C=C/C(=O)OC(C)(C)C. The Balaban J connectivity index is 3.44. The van der Waals surface area contributed by atoms with Crippen LogP contribution in [0.5, 0.6) is 0 Å². The summed E-state index contributed by atoms with van der Waals surface area (Å²) in [6.45, 7) is 7.87. The van der Waals surface area contributed by atoms with Crippen molar-refractivity contribution >= 4 is 5.97 Å². The van der Waals surface area contributed by atoms with Crippen LogP contribution in [0, 0.1) is 0 Å². The molecule has 0 bridgehead atoms. The van der Waals surface area contributed by atoms with Gasteiger partial charge in [0.15, 0.2) is 0 Å². The molecule has 0 aromatic rings. The van der Waals surface area contributed by atoms with Crippen molar-refractivity contribution in [1.82, 2.24) is 0 Å². The molecule has 0 aliphatic heterocycles. The first kappa shape index (κ1) is 16.2. The average Bonchev–Trinajstić information content (AvgIpc) is 2.19. The summed E-state index contributed by atoms with van der Waals surface area (Å²) < 4.78 is 5.17. The van der Waals surface area contributed by atoms with Gasteiger partial charge in [-0.15, -0.1) is 0 Å². The third-order valence-corrected chi connectivity index (χ3v) is 2.39. The largest absolute Gasteiger partial charge is 0.457 e. The normalized spacial score (nSPS) is 12.0. The number of carbonyl (C=O) groups excluding carboxylic acids is 1. The van der Waals surface area contributed by atoms with Crippen LogP contribution in [0.3, 0.4) is 0 Å². The first-order chi connectivity index (χ1) is 7.95. The zero-order chi connectivity index (χ0) is 13.1. The maximum atomic E-state index is 11.3. The van der Waals surface area contributed by atoms with Gasteiger partial charge in [0.1, 0.15) is 5.60 Å². The Bertz CT molecular complexity index is 224. The Hall–Kier alpha value is -0.790. The van der Waals surface area contributed by atoms with Gasteiger partial charge in [-0.1, -0.05) is 45.1 Å². The maximum absolute atomic E-state index is 11.3. The van der Waals surface area contributed by atoms with E-state index >= 15 is 0 Å². The number of hydrogen-bond donors (Lipinski definition) is 0. The zero-order valence-electron chi connectivity index (χ0n) is 11.9. The number of allylic oxidation sites excluding steroid dienone is 1. The molecule has 100 valence electrons. The zero-order valence-corrected chi connectivity index (χ0v) is 11.9. The third kappa shape index (κ3) is 13.1. The van der Waals surface area contributed by atoms with Crippen molar-refractivity contribution in [3.8, 4) is 0 Å². The molecule has 0 aromatic carbocycles. The molecular formula is C15H28O2. The van der Waals surface area contributed by atoms with Gasteiger partial charge >= 0.3 is 5.97 Å². The Morgan fingerprint density at radius 2 is 1.65 bits per heavy atom. The van der Waals surface area contributed by atoms with Crippen LogP contribution in [0.4, 0.5) is 0 Å². The van der Waals surface area contributed by atoms with Crippen molar-refractivity contribution in [3.63, 3.8) is 0 Å². The Kier molecular flexibility index (Phi) is 8.83. The molecule has 0 aliphatic carbocycles. The van der Waals surface area contributed by atoms with Gasteiger partial charge in [0.2, 0.25) is 0 Å². The molecule has 0 amide bonds. The number of carbonyl (C=O) groups is 1. The highest BCUT2D eigenvalue weighted by atomic mass is 16.6. The molecule has 2 nitrogen and oxygen atoms in total. The van der Waals surface area contributed by atoms with E-state index < -0.39 is 0 Å². The second kappa shape index (κ2) is 9.26. The molecule has 0 radical (unpaired) electrons. The summed E-state index contributed by atoms with van der Waals surface area (Å²) in [6, 6.07) is 0. The molecule has 0 rings (SSSR count). The van der Waals surface area contributed by atoms with Gasteiger partial charge in [-0.25, -0.2) is 4.79 Å². The van der Waals surface area contributed by atoms with E-state index in [-0.39, 0.29) is 11.6 Å². The molecule has 0 atom stereocenters. The van der Waals surface area contributed by atoms with Crippen LogP contribution in [-0.4, -0.2) is 11.6 Å². The fourth-order valence-corrected chi connectivity index (χ4v) is 1.56. The molecule has 0 saturated heterocycles. The number of esters is 1. The lowest BCUT2D eigenvalue weighted by Crippen LogP contribution is -2.22. The minimum absolute atomic E-state index is 0.233. The van der Waals surface area contributed by atoms with Crippen molar-refractivity contribution in [3.05, 3.63) is 12.2 Å². The van der Waals surface area contributed by atoms with E-state index in [1.807, 2.05) is 26.8 Å². The molecule has 0 N–H and O–H groups in total. The predicted octanol–water partition coefficient (Wildman–Crippen LogP) is 4.63. The monoisotopic (exact) mass is 240 g/mol. The Labute approximate surface area is 106 Å². The van der Waals surface area contributed by atoms with Gasteiger partial charge in [0, 0.05) is 6.08 Å². The summed E-state index contributed by atoms with van der Waals surface area (Å²) in [5.74, 6) is -0.233. The van der Waals surface area contributed by atoms with Crippen LogP contribution < -0.4 is 0 Å². The number of unbranched alkanes of at least 4 members (excludes halogenated alkanes) is 6. The molecule has 0 aromatic heterocycles. The van der Waals surface area contributed by atoms with E-state index in [4.69, 9.17) is 4.74 Å². The number of hydrogen-bond acceptors (Lipinski definition) is 2.